The van der Waals surface area contributed by atoms with Gasteiger partial charge in [0.1, 0.15) is 0 Å². The third kappa shape index (κ3) is 42.7. The molecule has 8 nitrogen and oxygen atoms in total. The summed E-state index contributed by atoms with van der Waals surface area (Å²) in [5.74, 6) is 0. The van der Waals surface area contributed by atoms with E-state index in [1.54, 1.807) is 0 Å². The first-order valence-electron chi connectivity index (χ1n) is 17.4. The fourth-order valence-corrected chi connectivity index (χ4v) is 5.87. The van der Waals surface area contributed by atoms with Gasteiger partial charge in [-0.2, -0.15) is 0 Å². The number of hydrogen-bond donors (Lipinski definition) is 0. The van der Waals surface area contributed by atoms with Crippen LogP contribution in [0.1, 0.15) is 182 Å². The van der Waals surface area contributed by atoms with E-state index in [2.05, 4.69) is 27.7 Å². The zero-order chi connectivity index (χ0) is 31.6. The van der Waals surface area contributed by atoms with Crippen molar-refractivity contribution in [3.63, 3.8) is 0 Å². The quantitative estimate of drug-likeness (QED) is 0.0387. The normalized spacial score (nSPS) is 11.7. The van der Waals surface area contributed by atoms with E-state index in [-0.39, 0.29) is 43.5 Å². The molecule has 0 spiro atoms. The van der Waals surface area contributed by atoms with Gasteiger partial charge in [0.15, 0.2) is 0 Å². The molecular weight excluding hydrogens is 630 g/mol. The molecule has 0 atom stereocenters. The van der Waals surface area contributed by atoms with E-state index in [1.807, 2.05) is 0 Å². The average Bonchev–Trinajstić information content (AvgIpc) is 2.95. The first-order valence-corrected chi connectivity index (χ1v) is 20.4. The van der Waals surface area contributed by atoms with Crippen LogP contribution in [0.15, 0.2) is 0 Å². The van der Waals surface area contributed by atoms with Gasteiger partial charge in [0, 0.05) is 0 Å². The largest absolute Gasteiger partial charge is 2.00 e. The van der Waals surface area contributed by atoms with E-state index in [0.717, 1.165) is 77.0 Å². The van der Waals surface area contributed by atoms with Crippen LogP contribution in [0.4, 0.5) is 0 Å². The molecule has 0 aliphatic rings. The van der Waals surface area contributed by atoms with Gasteiger partial charge in [-0.1, -0.05) is 156 Å². The summed E-state index contributed by atoms with van der Waals surface area (Å²) < 4.78 is 42.4. The maximum absolute atomic E-state index is 11.5. The number of hydrogen-bond acceptors (Lipinski definition) is 8. The molecule has 43 heavy (non-hydrogen) atoms. The first kappa shape index (κ1) is 48.1. The zero-order valence-corrected chi connectivity index (χ0v) is 31.2. The molecule has 0 aromatic carbocycles. The molecule has 0 radical (unpaired) electrons. The molecule has 0 amide bonds. The van der Waals surface area contributed by atoms with Crippen molar-refractivity contribution in [1.29, 1.82) is 0 Å². The van der Waals surface area contributed by atoms with E-state index in [1.165, 1.54) is 77.0 Å². The fourth-order valence-electron chi connectivity index (χ4n) is 4.31. The van der Waals surface area contributed by atoms with Crippen LogP contribution in [0.3, 0.4) is 0 Å². The molecule has 0 N–H and O–H groups in total. The predicted molar refractivity (Wildman–Crippen MR) is 173 cm³/mol. The fraction of sp³-hybridized carbons (Fsp3) is 1.00. The van der Waals surface area contributed by atoms with Gasteiger partial charge in [-0.3, -0.25) is 9.13 Å². The van der Waals surface area contributed by atoms with Crippen molar-refractivity contribution in [3.05, 3.63) is 0 Å². The van der Waals surface area contributed by atoms with Crippen LogP contribution in [-0.4, -0.2) is 26.4 Å². The number of rotatable bonds is 32. The van der Waals surface area contributed by atoms with Crippen molar-refractivity contribution in [1.82, 2.24) is 0 Å². The molecule has 0 aliphatic carbocycles. The Morgan fingerprint density at radius 2 is 0.512 bits per heavy atom. The van der Waals surface area contributed by atoms with E-state index < -0.39 is 15.6 Å². The summed E-state index contributed by atoms with van der Waals surface area (Å²) in [5, 5.41) is 0. The molecule has 0 aromatic rings. The Morgan fingerprint density at radius 3 is 0.698 bits per heavy atom. The molecule has 0 unspecified atom stereocenters. The molecule has 0 saturated carbocycles. The molecule has 0 rings (SSSR count). The first-order chi connectivity index (χ1) is 20.2. The Morgan fingerprint density at radius 1 is 0.349 bits per heavy atom. The van der Waals surface area contributed by atoms with Gasteiger partial charge in [0.25, 0.3) is 15.6 Å². The van der Waals surface area contributed by atoms with Gasteiger partial charge in [-0.25, -0.2) is 0 Å². The van der Waals surface area contributed by atoms with Crippen molar-refractivity contribution in [3.8, 4) is 0 Å². The standard InChI is InChI=1S/2C16H35O4P.Fe/c2*1-3-5-7-9-11-13-15-19-21(17,18)20-16-14-12-10-8-6-4-2;/h2*3-16H2,1-2H3,(H,17,18);/q;;+2/p-2. The second kappa shape index (κ2) is 37.2. The van der Waals surface area contributed by atoms with Gasteiger partial charge in [-0.05, 0) is 25.7 Å². The van der Waals surface area contributed by atoms with Crippen LogP contribution < -0.4 is 9.79 Å². The Kier molecular flexibility index (Phi) is 41.6. The molecule has 0 saturated heterocycles. The zero-order valence-electron chi connectivity index (χ0n) is 28.3. The van der Waals surface area contributed by atoms with Crippen molar-refractivity contribution in [2.45, 2.75) is 182 Å². The van der Waals surface area contributed by atoms with E-state index in [9.17, 15) is 18.9 Å². The number of phosphoric acid groups is 2. The topological polar surface area (TPSA) is 117 Å². The van der Waals surface area contributed by atoms with E-state index in [4.69, 9.17) is 18.1 Å². The van der Waals surface area contributed by atoms with E-state index in [0.29, 0.717) is 0 Å². The van der Waals surface area contributed by atoms with Crippen LogP contribution in [0, 0.1) is 0 Å². The van der Waals surface area contributed by atoms with E-state index >= 15 is 0 Å². The van der Waals surface area contributed by atoms with Crippen molar-refractivity contribution in [2.75, 3.05) is 26.4 Å². The predicted octanol–water partition coefficient (Wildman–Crippen LogP) is 10.4. The number of unbranched alkanes of at least 4 members (excludes halogenated alkanes) is 20. The third-order valence-corrected chi connectivity index (χ3v) is 8.98. The van der Waals surface area contributed by atoms with Crippen LogP contribution in [0.25, 0.3) is 0 Å². The summed E-state index contributed by atoms with van der Waals surface area (Å²) in [6.45, 7) is 9.73. The van der Waals surface area contributed by atoms with Gasteiger partial charge in [0.2, 0.25) is 0 Å². The van der Waals surface area contributed by atoms with Crippen molar-refractivity contribution in [2.24, 2.45) is 0 Å². The minimum atomic E-state index is -4.07. The maximum atomic E-state index is 11.5. The van der Waals surface area contributed by atoms with Crippen molar-refractivity contribution < 1.29 is 54.1 Å². The summed E-state index contributed by atoms with van der Waals surface area (Å²) in [5.41, 5.74) is 0. The molecule has 0 heterocycles. The smallest absolute Gasteiger partial charge is 0.756 e. The molecular formula is C32H68FeO8P2. The Bertz CT molecular complexity index is 532. The summed E-state index contributed by atoms with van der Waals surface area (Å²) in [7, 11) is -8.13. The SMILES string of the molecule is CCCCCCCCOP(=O)([O-])OCCCCCCCC.CCCCCCCCOP(=O)([O-])OCCCCCCCC.[Fe+2]. The van der Waals surface area contributed by atoms with Crippen LogP contribution >= 0.6 is 15.6 Å². The van der Waals surface area contributed by atoms with Gasteiger partial charge in [-0.15, -0.1) is 0 Å². The van der Waals surface area contributed by atoms with Gasteiger partial charge >= 0.3 is 17.1 Å². The summed E-state index contributed by atoms with van der Waals surface area (Å²) in [6.07, 6.45) is 26.6. The molecule has 0 fully saturated rings. The second-order valence-electron chi connectivity index (χ2n) is 11.3. The monoisotopic (exact) mass is 698 g/mol. The second-order valence-corrected chi connectivity index (χ2v) is 14.1. The molecule has 11 heteroatoms. The van der Waals surface area contributed by atoms with Gasteiger partial charge < -0.3 is 27.9 Å². The minimum Gasteiger partial charge on any atom is -0.756 e. The van der Waals surface area contributed by atoms with Crippen LogP contribution in [0.2, 0.25) is 0 Å². The maximum Gasteiger partial charge on any atom is 2.00 e. The van der Waals surface area contributed by atoms with Crippen LogP contribution in [-0.2, 0) is 44.3 Å². The average molecular weight is 699 g/mol. The Labute approximate surface area is 277 Å². The summed E-state index contributed by atoms with van der Waals surface area (Å²) >= 11 is 0. The Balaban J connectivity index is -0.000000727. The van der Waals surface area contributed by atoms with Crippen LogP contribution in [0.5, 0.6) is 0 Å². The third-order valence-electron chi connectivity index (χ3n) is 6.99. The van der Waals surface area contributed by atoms with Crippen molar-refractivity contribution >= 4 is 15.6 Å². The Hall–Kier alpha value is 0.739. The summed E-state index contributed by atoms with van der Waals surface area (Å²) in [4.78, 5) is 23.0. The number of phosphoric ester groups is 2. The van der Waals surface area contributed by atoms with Gasteiger partial charge in [0.05, 0.1) is 26.4 Å². The molecule has 0 aromatic heterocycles. The molecule has 262 valence electrons. The molecule has 0 bridgehead atoms. The summed E-state index contributed by atoms with van der Waals surface area (Å²) in [6, 6.07) is 0. The molecule has 0 aliphatic heterocycles. The minimum absolute atomic E-state index is 0.